The number of ketones is 1. The van der Waals surface area contributed by atoms with Crippen LogP contribution in [0.3, 0.4) is 0 Å². The van der Waals surface area contributed by atoms with Gasteiger partial charge in [0.1, 0.15) is 5.69 Å². The average Bonchev–Trinajstić information content (AvgIpc) is 3.27. The summed E-state index contributed by atoms with van der Waals surface area (Å²) in [5, 5.41) is 13.9. The van der Waals surface area contributed by atoms with Gasteiger partial charge in [0.25, 0.3) is 5.91 Å². The molecular weight excluding hydrogens is 514 g/mol. The number of nitrogens with zero attached hydrogens (tertiary/aromatic N) is 1. The van der Waals surface area contributed by atoms with E-state index in [4.69, 9.17) is 4.74 Å². The van der Waals surface area contributed by atoms with Crippen molar-refractivity contribution < 1.29 is 29.2 Å². The Hall–Kier alpha value is -3.72. The van der Waals surface area contributed by atoms with Crippen molar-refractivity contribution in [2.45, 2.75) is 33.4 Å². The number of likely N-dealkylation sites (tertiary alicyclic amines) is 1. The van der Waals surface area contributed by atoms with Crippen molar-refractivity contribution in [2.24, 2.45) is 0 Å². The highest BCUT2D eigenvalue weighted by molar-refractivity contribution is 9.10. The fourth-order valence-electron chi connectivity index (χ4n) is 4.41. The second-order valence-electron chi connectivity index (χ2n) is 8.22. The quantitative estimate of drug-likeness (QED) is 0.224. The molecule has 0 bridgehead atoms. The fraction of sp³-hybridized carbons (Fsp3) is 0.231. The summed E-state index contributed by atoms with van der Waals surface area (Å²) in [5.41, 5.74) is 2.41. The Morgan fingerprint density at radius 2 is 2.00 bits per heavy atom. The van der Waals surface area contributed by atoms with Crippen LogP contribution in [-0.4, -0.2) is 34.2 Å². The molecule has 0 saturated carbocycles. The maximum Gasteiger partial charge on any atom is 0.355 e. The lowest BCUT2D eigenvalue weighted by Gasteiger charge is -2.27. The number of rotatable bonds is 6. The molecule has 1 aliphatic heterocycles. The molecule has 4 rings (SSSR count). The number of aromatic nitrogens is 2. The number of nitrogens with one attached hydrogen (secondary N) is 2. The zero-order valence-corrected chi connectivity index (χ0v) is 21.1. The lowest BCUT2D eigenvalue weighted by molar-refractivity contribution is -0.378. The summed E-state index contributed by atoms with van der Waals surface area (Å²) in [5.74, 6) is -2.77. The van der Waals surface area contributed by atoms with Gasteiger partial charge >= 0.3 is 5.97 Å². The molecule has 1 fully saturated rings. The highest BCUT2D eigenvalue weighted by Gasteiger charge is 2.44. The van der Waals surface area contributed by atoms with E-state index in [1.807, 2.05) is 12.1 Å². The second kappa shape index (κ2) is 9.87. The number of halogens is 1. The van der Waals surface area contributed by atoms with Crippen LogP contribution < -0.4 is 10.1 Å². The molecule has 1 aliphatic rings. The molecule has 2 aromatic heterocycles. The first-order valence-corrected chi connectivity index (χ1v) is 11.9. The van der Waals surface area contributed by atoms with Crippen LogP contribution >= 0.6 is 15.9 Å². The SMILES string of the molecule is CCOC(=O)c1[nH]c(C)c(C([O-])=C2C(=O)C(=O)N(Cc3ccc[nH+]c3)C2c2cccc(Br)c2)c1C. The second-order valence-corrected chi connectivity index (χ2v) is 9.14. The first-order chi connectivity index (χ1) is 16.7. The van der Waals surface area contributed by atoms with E-state index in [1.54, 1.807) is 57.4 Å². The molecule has 1 saturated heterocycles. The number of benzene rings is 1. The molecule has 0 radical (unpaired) electrons. The third kappa shape index (κ3) is 4.51. The number of esters is 1. The van der Waals surface area contributed by atoms with E-state index in [0.717, 1.165) is 10.0 Å². The van der Waals surface area contributed by atoms with Crippen molar-refractivity contribution in [3.63, 3.8) is 0 Å². The Bertz CT molecular complexity index is 1350. The normalized spacial score (nSPS) is 17.1. The number of carbonyl (C=O) groups excluding carboxylic acids is 3. The van der Waals surface area contributed by atoms with Gasteiger partial charge in [0.05, 0.1) is 19.2 Å². The molecule has 9 heteroatoms. The zero-order valence-electron chi connectivity index (χ0n) is 19.5. The van der Waals surface area contributed by atoms with Crippen molar-refractivity contribution in [2.75, 3.05) is 6.61 Å². The summed E-state index contributed by atoms with van der Waals surface area (Å²) < 4.78 is 5.83. The molecule has 3 aromatic rings. The number of hydrogen-bond acceptors (Lipinski definition) is 5. The molecular formula is C26H24BrN3O5. The van der Waals surface area contributed by atoms with Gasteiger partial charge in [-0.15, -0.1) is 0 Å². The Labute approximate surface area is 210 Å². The minimum absolute atomic E-state index is 0.134. The van der Waals surface area contributed by atoms with E-state index in [2.05, 4.69) is 25.9 Å². The average molecular weight is 538 g/mol. The number of aryl methyl sites for hydroxylation is 1. The predicted octanol–water partition coefficient (Wildman–Crippen LogP) is 2.81. The Kier molecular flexibility index (Phi) is 6.88. The van der Waals surface area contributed by atoms with Crippen LogP contribution in [0, 0.1) is 13.8 Å². The third-order valence-electron chi connectivity index (χ3n) is 5.96. The number of ether oxygens (including phenoxy) is 1. The van der Waals surface area contributed by atoms with Crippen molar-refractivity contribution in [1.82, 2.24) is 9.88 Å². The van der Waals surface area contributed by atoms with Gasteiger partial charge in [0.2, 0.25) is 5.78 Å². The highest BCUT2D eigenvalue weighted by Crippen LogP contribution is 2.41. The van der Waals surface area contributed by atoms with E-state index >= 15 is 0 Å². The lowest BCUT2D eigenvalue weighted by Crippen LogP contribution is -2.29. The molecule has 3 heterocycles. The van der Waals surface area contributed by atoms with Gasteiger partial charge in [0.15, 0.2) is 12.4 Å². The molecule has 2 N–H and O–H groups in total. The highest BCUT2D eigenvalue weighted by atomic mass is 79.9. The number of amides is 1. The van der Waals surface area contributed by atoms with E-state index in [1.165, 1.54) is 4.90 Å². The van der Waals surface area contributed by atoms with Gasteiger partial charge < -0.3 is 19.7 Å². The molecule has 1 aromatic carbocycles. The summed E-state index contributed by atoms with van der Waals surface area (Å²) in [7, 11) is 0. The first kappa shape index (κ1) is 24.4. The van der Waals surface area contributed by atoms with Crippen molar-refractivity contribution >= 4 is 39.3 Å². The van der Waals surface area contributed by atoms with E-state index in [-0.39, 0.29) is 30.0 Å². The monoisotopic (exact) mass is 537 g/mol. The van der Waals surface area contributed by atoms with Gasteiger partial charge in [-0.05, 0) is 55.7 Å². The lowest BCUT2D eigenvalue weighted by atomic mass is 9.94. The maximum atomic E-state index is 13.9. The molecule has 35 heavy (non-hydrogen) atoms. The summed E-state index contributed by atoms with van der Waals surface area (Å²) in [6.45, 7) is 5.28. The van der Waals surface area contributed by atoms with Gasteiger partial charge in [-0.2, -0.15) is 0 Å². The predicted molar refractivity (Wildman–Crippen MR) is 129 cm³/mol. The molecule has 180 valence electrons. The molecule has 8 nitrogen and oxygen atoms in total. The number of Topliss-reactive ketones (excluding diaryl/α,β-unsaturated/α-hetero) is 1. The van der Waals surface area contributed by atoms with Crippen LogP contribution in [0.4, 0.5) is 0 Å². The van der Waals surface area contributed by atoms with Crippen LogP contribution in [0.15, 0.2) is 58.8 Å². The maximum absolute atomic E-state index is 13.9. The molecule has 1 unspecified atom stereocenters. The Balaban J connectivity index is 1.90. The van der Waals surface area contributed by atoms with Gasteiger partial charge in [-0.25, -0.2) is 9.78 Å². The number of carbonyl (C=O) groups is 3. The number of pyridine rings is 1. The summed E-state index contributed by atoms with van der Waals surface area (Å²) in [4.78, 5) is 46.1. The standard InChI is InChI=1S/C26H24BrN3O5/c1-4-35-26(34)21-14(2)19(15(3)29-21)23(31)20-22(17-8-5-9-18(27)11-17)30(25(33)24(20)32)13-16-7-6-10-28-12-16/h5-12,22,29,31H,4,13H2,1-3H3. The first-order valence-electron chi connectivity index (χ1n) is 11.1. The van der Waals surface area contributed by atoms with Crippen LogP contribution in [0.5, 0.6) is 0 Å². The summed E-state index contributed by atoms with van der Waals surface area (Å²) in [6, 6.07) is 9.92. The molecule has 1 amide bonds. The van der Waals surface area contributed by atoms with E-state index in [9.17, 15) is 19.5 Å². The summed E-state index contributed by atoms with van der Waals surface area (Å²) in [6.07, 6.45) is 3.48. The zero-order chi connectivity index (χ0) is 25.3. The van der Waals surface area contributed by atoms with Gasteiger partial charge in [-0.1, -0.05) is 33.8 Å². The third-order valence-corrected chi connectivity index (χ3v) is 6.46. The largest absolute Gasteiger partial charge is 0.872 e. The smallest absolute Gasteiger partial charge is 0.355 e. The molecule has 1 atom stereocenters. The van der Waals surface area contributed by atoms with Crippen molar-refractivity contribution in [3.8, 4) is 0 Å². The topological polar surface area (TPSA) is 117 Å². The van der Waals surface area contributed by atoms with Crippen molar-refractivity contribution in [1.29, 1.82) is 0 Å². The number of aromatic amines is 2. The minimum Gasteiger partial charge on any atom is -0.872 e. The van der Waals surface area contributed by atoms with Crippen LogP contribution in [0.25, 0.3) is 5.76 Å². The number of H-pyrrole nitrogens is 2. The fourth-order valence-corrected chi connectivity index (χ4v) is 4.83. The van der Waals surface area contributed by atoms with E-state index < -0.39 is 29.5 Å². The van der Waals surface area contributed by atoms with Crippen LogP contribution in [-0.2, 0) is 20.9 Å². The van der Waals surface area contributed by atoms with Crippen molar-refractivity contribution in [3.05, 3.63) is 92.5 Å². The Morgan fingerprint density at radius 3 is 2.66 bits per heavy atom. The minimum atomic E-state index is -0.889. The van der Waals surface area contributed by atoms with Crippen LogP contribution in [0.1, 0.15) is 51.4 Å². The van der Waals surface area contributed by atoms with Gasteiger partial charge in [0, 0.05) is 27.4 Å². The van der Waals surface area contributed by atoms with E-state index in [0.29, 0.717) is 16.8 Å². The molecule has 0 spiro atoms. The van der Waals surface area contributed by atoms with Crippen LogP contribution in [0.2, 0.25) is 0 Å². The molecule has 0 aliphatic carbocycles. The summed E-state index contributed by atoms with van der Waals surface area (Å²) >= 11 is 3.44. The Morgan fingerprint density at radius 1 is 1.23 bits per heavy atom. The number of hydrogen-bond donors (Lipinski definition) is 1. The van der Waals surface area contributed by atoms with Gasteiger partial charge in [-0.3, -0.25) is 9.59 Å².